The van der Waals surface area contributed by atoms with Crippen LogP contribution in [0, 0.1) is 5.82 Å². The van der Waals surface area contributed by atoms with E-state index in [2.05, 4.69) is 4.90 Å². The van der Waals surface area contributed by atoms with E-state index in [9.17, 15) is 4.39 Å². The third-order valence-corrected chi connectivity index (χ3v) is 3.38. The van der Waals surface area contributed by atoms with E-state index in [1.54, 1.807) is 6.07 Å². The molecule has 104 valence electrons. The van der Waals surface area contributed by atoms with Crippen molar-refractivity contribution < 1.29 is 19.2 Å². The van der Waals surface area contributed by atoms with Gasteiger partial charge in [0.1, 0.15) is 18.2 Å². The van der Waals surface area contributed by atoms with Crippen LogP contribution in [0.25, 0.3) is 0 Å². The number of piperidine rings is 1. The van der Waals surface area contributed by atoms with Gasteiger partial charge in [0.15, 0.2) is 0 Å². The molecule has 1 fully saturated rings. The van der Waals surface area contributed by atoms with E-state index in [-0.39, 0.29) is 5.46 Å². The van der Waals surface area contributed by atoms with Crippen molar-refractivity contribution in [3.05, 3.63) is 24.0 Å². The molecule has 0 spiro atoms. The number of nitrogens with zero attached hydrogens (tertiary/aromatic N) is 1. The molecule has 0 aromatic heterocycles. The Labute approximate surface area is 113 Å². The predicted molar refractivity (Wildman–Crippen MR) is 72.0 cm³/mol. The van der Waals surface area contributed by atoms with Crippen LogP contribution in [-0.4, -0.2) is 48.3 Å². The van der Waals surface area contributed by atoms with Gasteiger partial charge in [0.25, 0.3) is 0 Å². The van der Waals surface area contributed by atoms with Crippen molar-refractivity contribution >= 4 is 12.6 Å². The summed E-state index contributed by atoms with van der Waals surface area (Å²) in [7, 11) is -1.79. The SMILES string of the molecule is OB(O)c1ccc(OCCN2CCCCC2)cc1F. The van der Waals surface area contributed by atoms with Gasteiger partial charge in [-0.25, -0.2) is 4.39 Å². The molecule has 1 aromatic rings. The molecule has 1 aromatic carbocycles. The topological polar surface area (TPSA) is 52.9 Å². The molecule has 0 bridgehead atoms. The van der Waals surface area contributed by atoms with Crippen LogP contribution < -0.4 is 10.2 Å². The summed E-state index contributed by atoms with van der Waals surface area (Å²) >= 11 is 0. The lowest BCUT2D eigenvalue weighted by Crippen LogP contribution is -2.33. The lowest BCUT2D eigenvalue weighted by molar-refractivity contribution is 0.183. The summed E-state index contributed by atoms with van der Waals surface area (Å²) < 4.78 is 19.0. The zero-order chi connectivity index (χ0) is 13.7. The molecule has 4 nitrogen and oxygen atoms in total. The molecule has 0 unspecified atom stereocenters. The van der Waals surface area contributed by atoms with E-state index in [1.807, 2.05) is 0 Å². The van der Waals surface area contributed by atoms with E-state index in [1.165, 1.54) is 31.4 Å². The Hall–Kier alpha value is -1.11. The van der Waals surface area contributed by atoms with Crippen molar-refractivity contribution in [2.75, 3.05) is 26.2 Å². The highest BCUT2D eigenvalue weighted by Gasteiger charge is 2.16. The number of likely N-dealkylation sites (tertiary alicyclic amines) is 1. The first-order valence-electron chi connectivity index (χ1n) is 6.67. The molecular formula is C13H19BFNO3. The van der Waals surface area contributed by atoms with Crippen molar-refractivity contribution in [3.63, 3.8) is 0 Å². The first-order valence-corrected chi connectivity index (χ1v) is 6.67. The molecule has 6 heteroatoms. The third kappa shape index (κ3) is 4.19. The number of hydrogen-bond donors (Lipinski definition) is 2. The van der Waals surface area contributed by atoms with Gasteiger partial charge in [0.2, 0.25) is 0 Å². The van der Waals surface area contributed by atoms with Crippen LogP contribution in [0.5, 0.6) is 5.75 Å². The molecule has 0 radical (unpaired) electrons. The van der Waals surface area contributed by atoms with Crippen LogP contribution in [0.3, 0.4) is 0 Å². The summed E-state index contributed by atoms with van der Waals surface area (Å²) in [5, 5.41) is 17.8. The van der Waals surface area contributed by atoms with Crippen LogP contribution in [0.4, 0.5) is 4.39 Å². The zero-order valence-corrected chi connectivity index (χ0v) is 10.9. The van der Waals surface area contributed by atoms with Crippen LogP contribution >= 0.6 is 0 Å². The Bertz CT molecular complexity index is 411. The molecule has 1 saturated heterocycles. The Kier molecular flexibility index (Phi) is 5.19. The van der Waals surface area contributed by atoms with Gasteiger partial charge in [-0.3, -0.25) is 4.90 Å². The van der Waals surface area contributed by atoms with Crippen LogP contribution in [-0.2, 0) is 0 Å². The molecular weight excluding hydrogens is 248 g/mol. The molecule has 1 aliphatic heterocycles. The molecule has 2 N–H and O–H groups in total. The monoisotopic (exact) mass is 267 g/mol. The first kappa shape index (κ1) is 14.3. The number of benzene rings is 1. The maximum Gasteiger partial charge on any atom is 0.491 e. The van der Waals surface area contributed by atoms with Gasteiger partial charge in [0, 0.05) is 18.1 Å². The molecule has 1 heterocycles. The molecule has 1 aliphatic rings. The van der Waals surface area contributed by atoms with Crippen LogP contribution in [0.15, 0.2) is 18.2 Å². The molecule has 0 atom stereocenters. The van der Waals surface area contributed by atoms with E-state index in [4.69, 9.17) is 14.8 Å². The van der Waals surface area contributed by atoms with Crippen LogP contribution in [0.2, 0.25) is 0 Å². The summed E-state index contributed by atoms with van der Waals surface area (Å²) in [6.07, 6.45) is 3.77. The van der Waals surface area contributed by atoms with Gasteiger partial charge in [-0.15, -0.1) is 0 Å². The lowest BCUT2D eigenvalue weighted by atomic mass is 9.80. The predicted octanol–water partition coefficient (Wildman–Crippen LogP) is 0.370. The molecule has 0 aliphatic carbocycles. The minimum absolute atomic E-state index is 0.136. The Morgan fingerprint density at radius 1 is 1.21 bits per heavy atom. The maximum atomic E-state index is 13.5. The number of ether oxygens (including phenoxy) is 1. The second-order valence-electron chi connectivity index (χ2n) is 4.81. The smallest absolute Gasteiger partial charge is 0.491 e. The average molecular weight is 267 g/mol. The van der Waals surface area contributed by atoms with E-state index in [0.29, 0.717) is 12.4 Å². The molecule has 19 heavy (non-hydrogen) atoms. The van der Waals surface area contributed by atoms with E-state index >= 15 is 0 Å². The Morgan fingerprint density at radius 2 is 1.95 bits per heavy atom. The molecule has 0 amide bonds. The fraction of sp³-hybridized carbons (Fsp3) is 0.538. The van der Waals surface area contributed by atoms with Crippen molar-refractivity contribution in [1.29, 1.82) is 0 Å². The van der Waals surface area contributed by atoms with Crippen molar-refractivity contribution in [2.45, 2.75) is 19.3 Å². The fourth-order valence-corrected chi connectivity index (χ4v) is 2.28. The van der Waals surface area contributed by atoms with Crippen molar-refractivity contribution in [2.24, 2.45) is 0 Å². The van der Waals surface area contributed by atoms with Gasteiger partial charge in [0.05, 0.1) is 0 Å². The standard InChI is InChI=1S/C13H19BFNO3/c15-13-10-11(4-5-12(13)14(17)18)19-9-8-16-6-2-1-3-7-16/h4-5,10,17-18H,1-3,6-9H2. The largest absolute Gasteiger partial charge is 0.492 e. The summed E-state index contributed by atoms with van der Waals surface area (Å²) in [4.78, 5) is 2.34. The molecule has 0 saturated carbocycles. The summed E-state index contributed by atoms with van der Waals surface area (Å²) in [6.45, 7) is 3.56. The van der Waals surface area contributed by atoms with Crippen molar-refractivity contribution in [3.8, 4) is 5.75 Å². The normalized spacial score (nSPS) is 16.4. The van der Waals surface area contributed by atoms with Gasteiger partial charge < -0.3 is 14.8 Å². The zero-order valence-electron chi connectivity index (χ0n) is 10.9. The summed E-state index contributed by atoms with van der Waals surface area (Å²) in [5.74, 6) is -0.246. The van der Waals surface area contributed by atoms with Gasteiger partial charge >= 0.3 is 7.12 Å². The first-order chi connectivity index (χ1) is 9.16. The van der Waals surface area contributed by atoms with Gasteiger partial charge in [-0.1, -0.05) is 12.5 Å². The van der Waals surface area contributed by atoms with E-state index in [0.717, 1.165) is 19.6 Å². The highest BCUT2D eigenvalue weighted by atomic mass is 19.1. The minimum Gasteiger partial charge on any atom is -0.492 e. The Balaban J connectivity index is 1.81. The Morgan fingerprint density at radius 3 is 2.58 bits per heavy atom. The van der Waals surface area contributed by atoms with E-state index < -0.39 is 12.9 Å². The maximum absolute atomic E-state index is 13.5. The van der Waals surface area contributed by atoms with Crippen LogP contribution in [0.1, 0.15) is 19.3 Å². The third-order valence-electron chi connectivity index (χ3n) is 3.38. The fourth-order valence-electron chi connectivity index (χ4n) is 2.28. The lowest BCUT2D eigenvalue weighted by Gasteiger charge is -2.26. The number of hydrogen-bond acceptors (Lipinski definition) is 4. The minimum atomic E-state index is -1.79. The number of rotatable bonds is 5. The highest BCUT2D eigenvalue weighted by Crippen LogP contribution is 2.12. The highest BCUT2D eigenvalue weighted by molar-refractivity contribution is 6.58. The van der Waals surface area contributed by atoms with Gasteiger partial charge in [-0.05, 0) is 32.0 Å². The van der Waals surface area contributed by atoms with Gasteiger partial charge in [-0.2, -0.15) is 0 Å². The second kappa shape index (κ2) is 6.89. The van der Waals surface area contributed by atoms with Crippen molar-refractivity contribution in [1.82, 2.24) is 4.90 Å². The average Bonchev–Trinajstić information content (AvgIpc) is 2.39. The summed E-state index contributed by atoms with van der Waals surface area (Å²) in [6, 6.07) is 4.06. The summed E-state index contributed by atoms with van der Waals surface area (Å²) in [5.41, 5.74) is -0.136. The quantitative estimate of drug-likeness (QED) is 0.757. The second-order valence-corrected chi connectivity index (χ2v) is 4.81. The molecule has 2 rings (SSSR count). The number of halogens is 1.